The molecule has 0 spiro atoms. The molecule has 64 valence electrons. The lowest BCUT2D eigenvalue weighted by Gasteiger charge is -2.24. The quantitative estimate of drug-likeness (QED) is 0.614. The van der Waals surface area contributed by atoms with E-state index in [0.29, 0.717) is 6.04 Å². The minimum absolute atomic E-state index is 0.638. The van der Waals surface area contributed by atoms with Crippen molar-refractivity contribution in [3.05, 3.63) is 34.9 Å². The van der Waals surface area contributed by atoms with Gasteiger partial charge in [-0.15, -0.1) is 0 Å². The van der Waals surface area contributed by atoms with E-state index in [1.54, 1.807) is 0 Å². The maximum absolute atomic E-state index is 3.48. The van der Waals surface area contributed by atoms with Crippen LogP contribution >= 0.6 is 0 Å². The Morgan fingerprint density at radius 1 is 1.42 bits per heavy atom. The van der Waals surface area contributed by atoms with Gasteiger partial charge in [0.2, 0.25) is 0 Å². The summed E-state index contributed by atoms with van der Waals surface area (Å²) < 4.78 is 0. The molecular weight excluding hydrogens is 146 g/mol. The summed E-state index contributed by atoms with van der Waals surface area (Å²) in [4.78, 5) is 0. The van der Waals surface area contributed by atoms with Crippen LogP contribution in [0.25, 0.3) is 0 Å². The molecule has 0 saturated carbocycles. The Balaban J connectivity index is 2.42. The average molecular weight is 161 g/mol. The minimum Gasteiger partial charge on any atom is -0.310 e. The molecule has 0 aromatic heterocycles. The SMILES string of the molecule is Cc1cccc2c1CN[C@H](C)C2. The van der Waals surface area contributed by atoms with Crippen LogP contribution in [0.15, 0.2) is 18.2 Å². The zero-order valence-electron chi connectivity index (χ0n) is 7.72. The maximum Gasteiger partial charge on any atom is 0.0213 e. The first-order valence-electron chi connectivity index (χ1n) is 4.58. The molecule has 0 fully saturated rings. The highest BCUT2D eigenvalue weighted by Crippen LogP contribution is 2.19. The number of fused-ring (bicyclic) bond motifs is 1. The normalized spacial score (nSPS) is 22.0. The zero-order valence-corrected chi connectivity index (χ0v) is 7.72. The van der Waals surface area contributed by atoms with Gasteiger partial charge in [-0.05, 0) is 37.0 Å². The van der Waals surface area contributed by atoms with Gasteiger partial charge in [0.05, 0.1) is 0 Å². The van der Waals surface area contributed by atoms with Crippen molar-refractivity contribution in [1.29, 1.82) is 0 Å². The van der Waals surface area contributed by atoms with Crippen LogP contribution in [0.5, 0.6) is 0 Å². The summed E-state index contributed by atoms with van der Waals surface area (Å²) in [5.41, 5.74) is 4.46. The molecule has 1 aliphatic heterocycles. The first-order chi connectivity index (χ1) is 5.77. The minimum atomic E-state index is 0.638. The van der Waals surface area contributed by atoms with Crippen molar-refractivity contribution in [2.24, 2.45) is 0 Å². The lowest BCUT2D eigenvalue weighted by molar-refractivity contribution is 0.512. The molecule has 0 aliphatic carbocycles. The standard InChI is InChI=1S/C11H15N/c1-8-4-3-5-10-6-9(2)12-7-11(8)10/h3-5,9,12H,6-7H2,1-2H3/t9-/m1/s1. The van der Waals surface area contributed by atoms with Crippen molar-refractivity contribution in [2.75, 3.05) is 0 Å². The van der Waals surface area contributed by atoms with Crippen LogP contribution in [-0.4, -0.2) is 6.04 Å². The molecule has 1 heterocycles. The fourth-order valence-corrected chi connectivity index (χ4v) is 1.89. The number of nitrogens with one attached hydrogen (secondary N) is 1. The first-order valence-corrected chi connectivity index (χ1v) is 4.58. The van der Waals surface area contributed by atoms with Crippen LogP contribution in [0.2, 0.25) is 0 Å². The first kappa shape index (κ1) is 7.81. The van der Waals surface area contributed by atoms with E-state index in [1.807, 2.05) is 0 Å². The van der Waals surface area contributed by atoms with Crippen LogP contribution in [0.1, 0.15) is 23.6 Å². The molecule has 0 amide bonds. The maximum atomic E-state index is 3.48. The largest absolute Gasteiger partial charge is 0.310 e. The van der Waals surface area contributed by atoms with Crippen LogP contribution in [-0.2, 0) is 13.0 Å². The van der Waals surface area contributed by atoms with Gasteiger partial charge in [0.15, 0.2) is 0 Å². The Morgan fingerprint density at radius 2 is 2.25 bits per heavy atom. The zero-order chi connectivity index (χ0) is 8.55. The van der Waals surface area contributed by atoms with Crippen LogP contribution in [0.4, 0.5) is 0 Å². The number of rotatable bonds is 0. The van der Waals surface area contributed by atoms with Crippen LogP contribution in [0.3, 0.4) is 0 Å². The third-order valence-corrected chi connectivity index (χ3v) is 2.66. The smallest absolute Gasteiger partial charge is 0.0213 e. The van der Waals surface area contributed by atoms with E-state index >= 15 is 0 Å². The Bertz CT molecular complexity index is 291. The predicted molar refractivity (Wildman–Crippen MR) is 51.2 cm³/mol. The van der Waals surface area contributed by atoms with E-state index in [0.717, 1.165) is 6.54 Å². The summed E-state index contributed by atoms with van der Waals surface area (Å²) in [6, 6.07) is 7.24. The molecule has 0 unspecified atom stereocenters. The van der Waals surface area contributed by atoms with Crippen molar-refractivity contribution >= 4 is 0 Å². The molecule has 0 bridgehead atoms. The lowest BCUT2D eigenvalue weighted by Crippen LogP contribution is -2.33. The molecule has 1 aromatic carbocycles. The molecule has 1 nitrogen and oxygen atoms in total. The second-order valence-corrected chi connectivity index (χ2v) is 3.70. The molecule has 0 saturated heterocycles. The van der Waals surface area contributed by atoms with Gasteiger partial charge < -0.3 is 5.32 Å². The Kier molecular flexibility index (Phi) is 1.89. The summed E-state index contributed by atoms with van der Waals surface area (Å²) in [5.74, 6) is 0. The van der Waals surface area contributed by atoms with Gasteiger partial charge in [0.25, 0.3) is 0 Å². The summed E-state index contributed by atoms with van der Waals surface area (Å²) in [6.07, 6.45) is 1.18. The molecule has 2 rings (SSSR count). The van der Waals surface area contributed by atoms with Crippen molar-refractivity contribution in [3.63, 3.8) is 0 Å². The highest BCUT2D eigenvalue weighted by molar-refractivity contribution is 5.36. The fourth-order valence-electron chi connectivity index (χ4n) is 1.89. The van der Waals surface area contributed by atoms with E-state index in [4.69, 9.17) is 0 Å². The Labute approximate surface area is 73.8 Å². The second-order valence-electron chi connectivity index (χ2n) is 3.70. The van der Waals surface area contributed by atoms with Gasteiger partial charge in [0.1, 0.15) is 0 Å². The molecule has 1 heteroatoms. The lowest BCUT2D eigenvalue weighted by atomic mass is 9.93. The van der Waals surface area contributed by atoms with Gasteiger partial charge in [-0.25, -0.2) is 0 Å². The molecule has 12 heavy (non-hydrogen) atoms. The van der Waals surface area contributed by atoms with E-state index in [2.05, 4.69) is 37.4 Å². The third-order valence-electron chi connectivity index (χ3n) is 2.66. The molecule has 1 aromatic rings. The number of hydrogen-bond donors (Lipinski definition) is 1. The number of hydrogen-bond acceptors (Lipinski definition) is 1. The van der Waals surface area contributed by atoms with Gasteiger partial charge in [-0.1, -0.05) is 18.2 Å². The molecular formula is C11H15N. The molecule has 1 N–H and O–H groups in total. The molecule has 1 atom stereocenters. The fraction of sp³-hybridized carbons (Fsp3) is 0.455. The van der Waals surface area contributed by atoms with E-state index in [9.17, 15) is 0 Å². The van der Waals surface area contributed by atoms with Crippen molar-refractivity contribution in [3.8, 4) is 0 Å². The average Bonchev–Trinajstić information content (AvgIpc) is 2.04. The van der Waals surface area contributed by atoms with Crippen LogP contribution in [0, 0.1) is 6.92 Å². The van der Waals surface area contributed by atoms with Gasteiger partial charge in [0, 0.05) is 12.6 Å². The van der Waals surface area contributed by atoms with E-state index in [1.165, 1.54) is 23.1 Å². The summed E-state index contributed by atoms with van der Waals surface area (Å²) in [7, 11) is 0. The van der Waals surface area contributed by atoms with Crippen molar-refractivity contribution in [1.82, 2.24) is 5.32 Å². The second kappa shape index (κ2) is 2.91. The van der Waals surface area contributed by atoms with Crippen molar-refractivity contribution < 1.29 is 0 Å². The Hall–Kier alpha value is -0.820. The highest BCUT2D eigenvalue weighted by Gasteiger charge is 2.14. The van der Waals surface area contributed by atoms with Crippen LogP contribution < -0.4 is 5.32 Å². The van der Waals surface area contributed by atoms with Gasteiger partial charge >= 0.3 is 0 Å². The number of benzene rings is 1. The summed E-state index contributed by atoms with van der Waals surface area (Å²) in [6.45, 7) is 5.48. The topological polar surface area (TPSA) is 12.0 Å². The van der Waals surface area contributed by atoms with Gasteiger partial charge in [-0.2, -0.15) is 0 Å². The van der Waals surface area contributed by atoms with E-state index in [-0.39, 0.29) is 0 Å². The monoisotopic (exact) mass is 161 g/mol. The molecule has 0 radical (unpaired) electrons. The predicted octanol–water partition coefficient (Wildman–Crippen LogP) is 2.03. The summed E-state index contributed by atoms with van der Waals surface area (Å²) in [5, 5.41) is 3.48. The third kappa shape index (κ3) is 1.25. The molecule has 1 aliphatic rings. The Morgan fingerprint density at radius 3 is 3.08 bits per heavy atom. The van der Waals surface area contributed by atoms with Gasteiger partial charge in [-0.3, -0.25) is 0 Å². The van der Waals surface area contributed by atoms with Crippen molar-refractivity contribution in [2.45, 2.75) is 32.9 Å². The highest BCUT2D eigenvalue weighted by atomic mass is 14.9. The summed E-state index contributed by atoms with van der Waals surface area (Å²) >= 11 is 0. The van der Waals surface area contributed by atoms with E-state index < -0.39 is 0 Å². The number of aryl methyl sites for hydroxylation is 1.